The average Bonchev–Trinajstić information content (AvgIpc) is 3.27. The molecule has 2 aromatic heterocycles. The molecule has 7 nitrogen and oxygen atoms in total. The summed E-state index contributed by atoms with van der Waals surface area (Å²) in [5, 5.41) is 6.30. The van der Waals surface area contributed by atoms with Gasteiger partial charge in [0, 0.05) is 18.5 Å². The number of ether oxygens (including phenoxy) is 2. The highest BCUT2D eigenvalue weighted by Crippen LogP contribution is 2.27. The van der Waals surface area contributed by atoms with Gasteiger partial charge in [-0.3, -0.25) is 9.59 Å². The van der Waals surface area contributed by atoms with Crippen molar-refractivity contribution in [1.82, 2.24) is 15.3 Å². The van der Waals surface area contributed by atoms with Crippen LogP contribution < -0.4 is 5.32 Å². The maximum absolute atomic E-state index is 11.8. The number of carbonyl (C=O) groups excluding carboxylic acids is 2. The van der Waals surface area contributed by atoms with E-state index in [9.17, 15) is 9.59 Å². The third-order valence-corrected chi connectivity index (χ3v) is 5.27. The maximum atomic E-state index is 11.8. The number of esters is 1. The first-order valence-electron chi connectivity index (χ1n) is 7.57. The van der Waals surface area contributed by atoms with Crippen LogP contribution in [0.1, 0.15) is 12.8 Å². The number of thiophene rings is 1. The van der Waals surface area contributed by atoms with Crippen molar-refractivity contribution in [3.63, 3.8) is 0 Å². The van der Waals surface area contributed by atoms with Gasteiger partial charge < -0.3 is 14.8 Å². The molecule has 1 fully saturated rings. The fourth-order valence-electron chi connectivity index (χ4n) is 2.28. The monoisotopic (exact) mass is 367 g/mol. The van der Waals surface area contributed by atoms with Crippen LogP contribution in [-0.4, -0.2) is 53.5 Å². The standard InChI is InChI=1S/C15H17N3O4S2/c19-12(16-6-10-2-1-4-21-10)7-22-13(20)8-24-15-11-3-5-23-14(11)17-9-18-15/h3,5,9-10H,1-2,4,6-8H2,(H,16,19)/t10-/m0/s1. The third-order valence-electron chi connectivity index (χ3n) is 3.47. The van der Waals surface area contributed by atoms with Crippen molar-refractivity contribution in [2.75, 3.05) is 25.5 Å². The number of nitrogens with one attached hydrogen (secondary N) is 1. The van der Waals surface area contributed by atoms with E-state index in [1.165, 1.54) is 29.4 Å². The average molecular weight is 367 g/mol. The smallest absolute Gasteiger partial charge is 0.316 e. The van der Waals surface area contributed by atoms with Gasteiger partial charge in [-0.2, -0.15) is 0 Å². The predicted octanol–water partition coefficient (Wildman–Crippen LogP) is 1.62. The van der Waals surface area contributed by atoms with Crippen LogP contribution in [0.3, 0.4) is 0 Å². The molecule has 1 amide bonds. The number of thioether (sulfide) groups is 1. The van der Waals surface area contributed by atoms with E-state index in [4.69, 9.17) is 9.47 Å². The molecule has 9 heteroatoms. The normalized spacial score (nSPS) is 17.1. The van der Waals surface area contributed by atoms with Crippen LogP contribution in [0.2, 0.25) is 0 Å². The maximum Gasteiger partial charge on any atom is 0.316 e. The largest absolute Gasteiger partial charge is 0.455 e. The van der Waals surface area contributed by atoms with Crippen molar-refractivity contribution < 1.29 is 19.1 Å². The molecular formula is C15H17N3O4S2. The molecule has 0 spiro atoms. The molecule has 1 saturated heterocycles. The Morgan fingerprint density at radius 2 is 2.38 bits per heavy atom. The van der Waals surface area contributed by atoms with Gasteiger partial charge in [0.15, 0.2) is 6.61 Å². The van der Waals surface area contributed by atoms with Crippen molar-refractivity contribution in [2.45, 2.75) is 24.0 Å². The highest BCUT2D eigenvalue weighted by Gasteiger charge is 2.17. The third kappa shape index (κ3) is 4.65. The molecule has 0 aliphatic carbocycles. The highest BCUT2D eigenvalue weighted by molar-refractivity contribution is 8.00. The first-order chi connectivity index (χ1) is 11.7. The Morgan fingerprint density at radius 1 is 1.46 bits per heavy atom. The summed E-state index contributed by atoms with van der Waals surface area (Å²) < 4.78 is 10.4. The molecule has 0 radical (unpaired) electrons. The van der Waals surface area contributed by atoms with Gasteiger partial charge in [0.1, 0.15) is 16.2 Å². The van der Waals surface area contributed by atoms with Crippen molar-refractivity contribution in [1.29, 1.82) is 0 Å². The molecule has 1 aliphatic rings. The quantitative estimate of drug-likeness (QED) is 0.452. The molecular weight excluding hydrogens is 350 g/mol. The van der Waals surface area contributed by atoms with Crippen molar-refractivity contribution in [3.05, 3.63) is 17.8 Å². The van der Waals surface area contributed by atoms with Gasteiger partial charge in [0.05, 0.1) is 11.9 Å². The number of aromatic nitrogens is 2. The highest BCUT2D eigenvalue weighted by atomic mass is 32.2. The summed E-state index contributed by atoms with van der Waals surface area (Å²) >= 11 is 2.80. The van der Waals surface area contributed by atoms with E-state index in [2.05, 4.69) is 15.3 Å². The first kappa shape index (κ1) is 17.1. The van der Waals surface area contributed by atoms with E-state index in [1.54, 1.807) is 0 Å². The zero-order valence-electron chi connectivity index (χ0n) is 12.9. The van der Waals surface area contributed by atoms with E-state index in [0.29, 0.717) is 6.54 Å². The topological polar surface area (TPSA) is 90.4 Å². The summed E-state index contributed by atoms with van der Waals surface area (Å²) in [4.78, 5) is 32.6. The summed E-state index contributed by atoms with van der Waals surface area (Å²) in [5.41, 5.74) is 0. The molecule has 128 valence electrons. The van der Waals surface area contributed by atoms with E-state index < -0.39 is 5.97 Å². The van der Waals surface area contributed by atoms with Crippen LogP contribution in [0, 0.1) is 0 Å². The number of amides is 1. The van der Waals surface area contributed by atoms with Gasteiger partial charge in [-0.25, -0.2) is 9.97 Å². The summed E-state index contributed by atoms with van der Waals surface area (Å²) in [5.74, 6) is -0.665. The Kier molecular flexibility index (Phi) is 6.00. The van der Waals surface area contributed by atoms with Gasteiger partial charge in [-0.1, -0.05) is 11.8 Å². The molecule has 0 saturated carbocycles. The van der Waals surface area contributed by atoms with Crippen LogP contribution in [0.5, 0.6) is 0 Å². The van der Waals surface area contributed by atoms with E-state index >= 15 is 0 Å². The van der Waals surface area contributed by atoms with Crippen LogP contribution >= 0.6 is 23.1 Å². The molecule has 2 aromatic rings. The molecule has 3 heterocycles. The Hall–Kier alpha value is -1.71. The Labute approximate surface area is 147 Å². The van der Waals surface area contributed by atoms with Gasteiger partial charge in [-0.05, 0) is 24.3 Å². The number of nitrogens with zero attached hydrogens (tertiary/aromatic N) is 2. The van der Waals surface area contributed by atoms with Crippen molar-refractivity contribution in [2.24, 2.45) is 0 Å². The summed E-state index contributed by atoms with van der Waals surface area (Å²) in [6.45, 7) is 0.930. The molecule has 1 N–H and O–H groups in total. The van der Waals surface area contributed by atoms with E-state index in [0.717, 1.165) is 34.7 Å². The van der Waals surface area contributed by atoms with Crippen LogP contribution in [0.15, 0.2) is 22.8 Å². The summed E-state index contributed by atoms with van der Waals surface area (Å²) in [6.07, 6.45) is 3.52. The molecule has 0 bridgehead atoms. The lowest BCUT2D eigenvalue weighted by Crippen LogP contribution is -2.35. The number of hydrogen-bond donors (Lipinski definition) is 1. The Morgan fingerprint density at radius 3 is 3.21 bits per heavy atom. The molecule has 1 atom stereocenters. The predicted molar refractivity (Wildman–Crippen MR) is 91.1 cm³/mol. The number of carbonyl (C=O) groups is 2. The zero-order chi connectivity index (χ0) is 16.8. The van der Waals surface area contributed by atoms with Gasteiger partial charge in [-0.15, -0.1) is 11.3 Å². The van der Waals surface area contributed by atoms with Gasteiger partial charge >= 0.3 is 5.97 Å². The second-order valence-electron chi connectivity index (χ2n) is 5.21. The Balaban J connectivity index is 1.38. The van der Waals surface area contributed by atoms with Crippen molar-refractivity contribution >= 4 is 45.2 Å². The lowest BCUT2D eigenvalue weighted by molar-refractivity contribution is -0.146. The molecule has 0 unspecified atom stereocenters. The molecule has 1 aliphatic heterocycles. The van der Waals surface area contributed by atoms with Crippen LogP contribution in [-0.2, 0) is 19.1 Å². The van der Waals surface area contributed by atoms with Crippen molar-refractivity contribution in [3.8, 4) is 0 Å². The molecule has 24 heavy (non-hydrogen) atoms. The number of fused-ring (bicyclic) bond motifs is 1. The summed E-state index contributed by atoms with van der Waals surface area (Å²) in [7, 11) is 0. The zero-order valence-corrected chi connectivity index (χ0v) is 14.5. The molecule has 3 rings (SSSR count). The fourth-order valence-corrected chi connectivity index (χ4v) is 3.86. The van der Waals surface area contributed by atoms with E-state index in [-0.39, 0.29) is 24.4 Å². The lowest BCUT2D eigenvalue weighted by atomic mass is 10.2. The number of hydrogen-bond acceptors (Lipinski definition) is 8. The molecule has 0 aromatic carbocycles. The van der Waals surface area contributed by atoms with Gasteiger partial charge in [0.25, 0.3) is 5.91 Å². The number of rotatable bonds is 7. The first-order valence-corrected chi connectivity index (χ1v) is 9.44. The second-order valence-corrected chi connectivity index (χ2v) is 7.07. The minimum atomic E-state index is -0.450. The lowest BCUT2D eigenvalue weighted by Gasteiger charge is -2.10. The Bertz CT molecular complexity index is 716. The van der Waals surface area contributed by atoms with E-state index in [1.807, 2.05) is 11.4 Å². The fraction of sp³-hybridized carbons (Fsp3) is 0.467. The SMILES string of the molecule is O=C(COC(=O)CSc1ncnc2sccc12)NC[C@@H]1CCCO1. The minimum Gasteiger partial charge on any atom is -0.455 e. The van der Waals surface area contributed by atoms with Crippen LogP contribution in [0.4, 0.5) is 0 Å². The van der Waals surface area contributed by atoms with Crippen LogP contribution in [0.25, 0.3) is 10.2 Å². The summed E-state index contributed by atoms with van der Waals surface area (Å²) in [6, 6.07) is 1.92. The minimum absolute atomic E-state index is 0.0750. The second kappa shape index (κ2) is 8.41. The van der Waals surface area contributed by atoms with Gasteiger partial charge in [0.2, 0.25) is 0 Å².